The average Bonchev–Trinajstić information content (AvgIpc) is 3.49. The number of aliphatic hydroxyl groups excluding tert-OH is 2. The number of Topliss-reactive ketones (excluding diaryl/α,β-unsaturated/α-hetero) is 1. The van der Waals surface area contributed by atoms with Crippen LogP contribution in [0.3, 0.4) is 0 Å². The molecule has 9 atom stereocenters. The van der Waals surface area contributed by atoms with Gasteiger partial charge in [0, 0.05) is 44.6 Å². The molecule has 0 bridgehead atoms. The van der Waals surface area contributed by atoms with Crippen molar-refractivity contribution in [2.24, 2.45) is 5.92 Å². The van der Waals surface area contributed by atoms with Crippen LogP contribution in [0, 0.1) is 12.8 Å². The first-order valence-electron chi connectivity index (χ1n) is 21.2. The van der Waals surface area contributed by atoms with Crippen molar-refractivity contribution in [1.29, 1.82) is 0 Å². The van der Waals surface area contributed by atoms with Crippen LogP contribution in [0.4, 0.5) is 10.5 Å². The number of hydrogen-bond donors (Lipinski definition) is 6. The molecule has 2 aromatic rings. The number of anilines is 1. The van der Waals surface area contributed by atoms with Gasteiger partial charge in [-0.1, -0.05) is 55.8 Å². The second-order valence-corrected chi connectivity index (χ2v) is 17.2. The molecule has 16 nitrogen and oxygen atoms in total. The van der Waals surface area contributed by atoms with Gasteiger partial charge in [-0.3, -0.25) is 28.8 Å². The highest BCUT2D eigenvalue weighted by molar-refractivity contribution is 6.09. The largest absolute Gasteiger partial charge is 0.391 e. The molecule has 4 fully saturated rings. The summed E-state index contributed by atoms with van der Waals surface area (Å²) in [5, 5.41) is 32.6. The zero-order valence-corrected chi connectivity index (χ0v) is 35.1. The summed E-state index contributed by atoms with van der Waals surface area (Å²) in [5.41, 5.74) is 2.49. The van der Waals surface area contributed by atoms with Crippen LogP contribution in [0.15, 0.2) is 48.5 Å². The number of aliphatic hydroxyl groups is 2. The fraction of sp³-hybridized carbons (Fsp3) is 0.568. The van der Waals surface area contributed by atoms with E-state index < -0.39 is 77.6 Å². The molecule has 324 valence electrons. The topological polar surface area (TPSA) is 218 Å². The van der Waals surface area contributed by atoms with E-state index in [1.54, 1.807) is 24.0 Å². The molecule has 3 saturated heterocycles. The highest BCUT2D eigenvalue weighted by Crippen LogP contribution is 2.48. The standard InChI is InChI=1S/C44H59N7O9/c1-6-29-13-15-31(16-14-29)46-43(60)47-33(19-30-11-9-10-25(2)18-30)38(55)48-37(28(5)52)42(59)50-24-32(53)20-35(50)41(58)49-17-8-7-12-34(49)39(56)45-27(4)40(57)51-23-26(3)21-44(51)22-36(44)54/h9-11,13-16,18,26-28,32-35,37,52-53H,6-8,12,17,19-24H2,1-5H3,(H,45,56)(H,48,55)(H2,46,47,60)/t26-,27+,28+,32-,33+,34+,35+,37+,44+/m1/s1. The third-order valence-electron chi connectivity index (χ3n) is 12.3. The van der Waals surface area contributed by atoms with Crippen LogP contribution >= 0.6 is 0 Å². The van der Waals surface area contributed by atoms with Crippen molar-refractivity contribution in [1.82, 2.24) is 30.7 Å². The predicted octanol–water partition coefficient (Wildman–Crippen LogP) is 1.58. The van der Waals surface area contributed by atoms with E-state index in [1.165, 1.54) is 11.8 Å². The molecule has 0 aromatic heterocycles. The van der Waals surface area contributed by atoms with Crippen molar-refractivity contribution < 1.29 is 43.8 Å². The van der Waals surface area contributed by atoms with E-state index in [4.69, 9.17) is 0 Å². The highest BCUT2D eigenvalue weighted by atomic mass is 16.3. The number of urea groups is 1. The molecule has 60 heavy (non-hydrogen) atoms. The molecule has 16 heteroatoms. The van der Waals surface area contributed by atoms with Crippen molar-refractivity contribution in [3.05, 3.63) is 65.2 Å². The second-order valence-electron chi connectivity index (χ2n) is 17.2. The Labute approximate surface area is 350 Å². The van der Waals surface area contributed by atoms with Crippen LogP contribution < -0.4 is 21.3 Å². The predicted molar refractivity (Wildman–Crippen MR) is 221 cm³/mol. The minimum atomic E-state index is -1.56. The van der Waals surface area contributed by atoms with Crippen LogP contribution in [0.25, 0.3) is 0 Å². The number of hydrogen-bond acceptors (Lipinski definition) is 9. The number of amides is 7. The number of rotatable bonds is 13. The van der Waals surface area contributed by atoms with Crippen molar-refractivity contribution >= 4 is 47.0 Å². The van der Waals surface area contributed by atoms with Gasteiger partial charge in [-0.2, -0.15) is 0 Å². The number of benzene rings is 2. The first-order valence-corrected chi connectivity index (χ1v) is 21.2. The zero-order valence-electron chi connectivity index (χ0n) is 35.1. The normalized spacial score (nSPS) is 25.6. The van der Waals surface area contributed by atoms with E-state index in [-0.39, 0.29) is 43.5 Å². The van der Waals surface area contributed by atoms with Crippen molar-refractivity contribution in [2.45, 2.75) is 134 Å². The van der Waals surface area contributed by atoms with Gasteiger partial charge in [-0.15, -0.1) is 0 Å². The summed E-state index contributed by atoms with van der Waals surface area (Å²) in [7, 11) is 0. The molecule has 1 saturated carbocycles. The average molecular weight is 830 g/mol. The van der Waals surface area contributed by atoms with Gasteiger partial charge >= 0.3 is 6.03 Å². The molecular weight excluding hydrogens is 771 g/mol. The van der Waals surface area contributed by atoms with Crippen LogP contribution in [-0.4, -0.2) is 134 Å². The number of β-amino-alcohol motifs (C(OH)–C–C–N with tert-alkyl or cyclic N) is 1. The lowest BCUT2D eigenvalue weighted by Crippen LogP contribution is -2.62. The molecule has 1 spiro atoms. The minimum Gasteiger partial charge on any atom is -0.391 e. The van der Waals surface area contributed by atoms with Crippen LogP contribution in [0.2, 0.25) is 0 Å². The maximum atomic E-state index is 14.4. The SMILES string of the molecule is CCc1ccc(NC(=O)N[C@@H](Cc2cccc(C)c2)C(=O)N[C@H](C(=O)N2C[C@H](O)C[C@H]2C(=O)N2CCCC[C@H]2C(=O)N[C@@H](C)C(=O)N2C[C@H](C)C[C@@]23CC3=O)[C@H](C)O)cc1. The number of piperidine rings is 1. The Morgan fingerprint density at radius 2 is 1.62 bits per heavy atom. The highest BCUT2D eigenvalue weighted by Gasteiger charge is 2.63. The van der Waals surface area contributed by atoms with Crippen LogP contribution in [0.5, 0.6) is 0 Å². The van der Waals surface area contributed by atoms with Gasteiger partial charge in [0.2, 0.25) is 29.5 Å². The molecule has 3 heterocycles. The van der Waals surface area contributed by atoms with Gasteiger partial charge in [-0.05, 0) is 82.1 Å². The lowest BCUT2D eigenvalue weighted by molar-refractivity contribution is -0.152. The summed E-state index contributed by atoms with van der Waals surface area (Å²) in [5.74, 6) is -2.86. The first kappa shape index (κ1) is 44.2. The van der Waals surface area contributed by atoms with E-state index in [0.717, 1.165) is 28.0 Å². The number of likely N-dealkylation sites (tertiary alicyclic amines) is 3. The molecular formula is C44H59N7O9. The second kappa shape index (κ2) is 18.5. The smallest absolute Gasteiger partial charge is 0.319 e. The third-order valence-corrected chi connectivity index (χ3v) is 12.3. The van der Waals surface area contributed by atoms with Crippen LogP contribution in [0.1, 0.15) is 82.9 Å². The van der Waals surface area contributed by atoms with Crippen molar-refractivity contribution in [2.75, 3.05) is 25.0 Å². The molecule has 4 aliphatic rings. The summed E-state index contributed by atoms with van der Waals surface area (Å²) in [4.78, 5) is 99.6. The summed E-state index contributed by atoms with van der Waals surface area (Å²) in [6.45, 7) is 9.14. The van der Waals surface area contributed by atoms with Gasteiger partial charge in [0.25, 0.3) is 0 Å². The Morgan fingerprint density at radius 3 is 2.27 bits per heavy atom. The maximum Gasteiger partial charge on any atom is 0.319 e. The van der Waals surface area contributed by atoms with Crippen LogP contribution in [-0.2, 0) is 41.6 Å². The summed E-state index contributed by atoms with van der Waals surface area (Å²) in [6, 6.07) is 8.13. The van der Waals surface area contributed by atoms with E-state index in [0.29, 0.717) is 44.3 Å². The Morgan fingerprint density at radius 1 is 0.900 bits per heavy atom. The Balaban J connectivity index is 1.14. The number of carbonyl (C=O) groups is 7. The van der Waals surface area contributed by atoms with Crippen molar-refractivity contribution in [3.63, 3.8) is 0 Å². The quantitative estimate of drug-likeness (QED) is 0.173. The fourth-order valence-electron chi connectivity index (χ4n) is 9.00. The maximum absolute atomic E-state index is 14.4. The molecule has 6 rings (SSSR count). The summed E-state index contributed by atoms with van der Waals surface area (Å²) >= 11 is 0. The van der Waals surface area contributed by atoms with E-state index in [1.807, 2.05) is 57.2 Å². The number of nitrogens with one attached hydrogen (secondary N) is 4. The lowest BCUT2D eigenvalue weighted by Gasteiger charge is -2.39. The molecule has 0 radical (unpaired) electrons. The molecule has 7 amide bonds. The van der Waals surface area contributed by atoms with E-state index in [2.05, 4.69) is 21.3 Å². The van der Waals surface area contributed by atoms with Gasteiger partial charge in [0.15, 0.2) is 5.78 Å². The number of carbonyl (C=O) groups excluding carboxylic acids is 7. The first-order chi connectivity index (χ1) is 28.5. The summed E-state index contributed by atoms with van der Waals surface area (Å²) in [6.07, 6.45) is 0.637. The third kappa shape index (κ3) is 9.81. The number of aryl methyl sites for hydroxylation is 2. The lowest BCUT2D eigenvalue weighted by atomic mass is 9.98. The zero-order chi connectivity index (χ0) is 43.5. The number of nitrogens with zero attached hydrogens (tertiary/aromatic N) is 3. The molecule has 3 aliphatic heterocycles. The van der Waals surface area contributed by atoms with Gasteiger partial charge in [0.1, 0.15) is 35.7 Å². The molecule has 6 N–H and O–H groups in total. The van der Waals surface area contributed by atoms with Crippen molar-refractivity contribution in [3.8, 4) is 0 Å². The minimum absolute atomic E-state index is 0.0217. The Hall–Kier alpha value is -5.35. The van der Waals surface area contributed by atoms with Gasteiger partial charge in [0.05, 0.1) is 12.2 Å². The summed E-state index contributed by atoms with van der Waals surface area (Å²) < 4.78 is 0. The molecule has 2 aromatic carbocycles. The van der Waals surface area contributed by atoms with E-state index in [9.17, 15) is 43.8 Å². The molecule has 0 unspecified atom stereocenters. The fourth-order valence-corrected chi connectivity index (χ4v) is 9.00. The number of ketones is 1. The Kier molecular flexibility index (Phi) is 13.6. The Bertz CT molecular complexity index is 1970. The monoisotopic (exact) mass is 829 g/mol. The molecule has 1 aliphatic carbocycles. The van der Waals surface area contributed by atoms with E-state index >= 15 is 0 Å². The van der Waals surface area contributed by atoms with Gasteiger partial charge in [-0.25, -0.2) is 4.79 Å². The van der Waals surface area contributed by atoms with Gasteiger partial charge < -0.3 is 46.2 Å².